The van der Waals surface area contributed by atoms with Gasteiger partial charge in [0.2, 0.25) is 17.8 Å². The number of thioether (sulfide) groups is 1. The van der Waals surface area contributed by atoms with Crippen molar-refractivity contribution in [1.82, 2.24) is 15.3 Å². The van der Waals surface area contributed by atoms with E-state index in [-0.39, 0.29) is 40.8 Å². The maximum absolute atomic E-state index is 14.9. The Morgan fingerprint density at radius 2 is 1.98 bits per heavy atom. The minimum Gasteiger partial charge on any atom is -0.351 e. The minimum absolute atomic E-state index is 0.00468. The molecule has 14 heteroatoms. The Bertz CT molecular complexity index is 1630. The number of nitrogens with one attached hydrogen (secondary N) is 1. The molecule has 222 valence electrons. The highest BCUT2D eigenvalue weighted by atomic mass is 35.5. The van der Waals surface area contributed by atoms with Crippen LogP contribution in [0.3, 0.4) is 0 Å². The fraction of sp³-hybridized carbons (Fsp3) is 0.310. The third-order valence-electron chi connectivity index (χ3n) is 7.22. The quantitative estimate of drug-likeness (QED) is 0.347. The second kappa shape index (κ2) is 12.2. The Morgan fingerprint density at radius 1 is 1.23 bits per heavy atom. The molecule has 3 aromatic rings. The van der Waals surface area contributed by atoms with Crippen LogP contribution in [-0.2, 0) is 14.4 Å². The third-order valence-corrected chi connectivity index (χ3v) is 8.27. The van der Waals surface area contributed by atoms with Gasteiger partial charge in [-0.05, 0) is 43.0 Å². The molecule has 0 bridgehead atoms. The fourth-order valence-electron chi connectivity index (χ4n) is 5.20. The second-order valence-corrected chi connectivity index (χ2v) is 11.4. The Balaban J connectivity index is 1.64. The van der Waals surface area contributed by atoms with Crippen molar-refractivity contribution < 1.29 is 27.6 Å². The SMILES string of the molecule is CSc1cc(F)cc(N(C(=O)[C@@H]2CCC(=O)N2c2nccc(C#N)n2)[C@H](C(=O)NC2CC(F)(F)C2)c2ccccc2Cl)c1. The van der Waals surface area contributed by atoms with Crippen LogP contribution in [0.4, 0.5) is 24.8 Å². The van der Waals surface area contributed by atoms with E-state index in [2.05, 4.69) is 15.3 Å². The first-order valence-electron chi connectivity index (χ1n) is 13.2. The third kappa shape index (κ3) is 6.30. The summed E-state index contributed by atoms with van der Waals surface area (Å²) in [5, 5.41) is 12.0. The highest BCUT2D eigenvalue weighted by molar-refractivity contribution is 7.98. The summed E-state index contributed by atoms with van der Waals surface area (Å²) in [6, 6.07) is 9.62. The predicted molar refractivity (Wildman–Crippen MR) is 153 cm³/mol. The molecule has 1 N–H and O–H groups in total. The number of rotatable bonds is 8. The van der Waals surface area contributed by atoms with Crippen molar-refractivity contribution in [3.8, 4) is 6.07 Å². The number of hydrogen-bond acceptors (Lipinski definition) is 7. The second-order valence-electron chi connectivity index (χ2n) is 10.1. The van der Waals surface area contributed by atoms with E-state index >= 15 is 0 Å². The van der Waals surface area contributed by atoms with Crippen LogP contribution in [0.15, 0.2) is 59.6 Å². The van der Waals surface area contributed by atoms with Gasteiger partial charge in [0.25, 0.3) is 11.8 Å². The topological polar surface area (TPSA) is 119 Å². The lowest BCUT2D eigenvalue weighted by Gasteiger charge is -2.39. The standard InChI is InChI=1S/C29H24ClF3N6O3S/c1-43-20-11-16(31)10-19(12-20)38(27(42)23-6-7-24(40)39(23)28-35-9-8-17(15-34)37-28)25(21-4-2-3-5-22(21)30)26(41)36-18-13-29(32,33)14-18/h2-5,8-12,18,23,25H,6-7,13-14H2,1H3,(H,36,41)/t23-,25-/m0/s1. The van der Waals surface area contributed by atoms with E-state index in [4.69, 9.17) is 11.6 Å². The maximum Gasteiger partial charge on any atom is 0.252 e. The van der Waals surface area contributed by atoms with Gasteiger partial charge in [-0.25, -0.2) is 23.1 Å². The van der Waals surface area contributed by atoms with Crippen LogP contribution in [0.2, 0.25) is 5.02 Å². The summed E-state index contributed by atoms with van der Waals surface area (Å²) in [6.07, 6.45) is 1.77. The lowest BCUT2D eigenvalue weighted by Crippen LogP contribution is -2.56. The number of hydrogen-bond donors (Lipinski definition) is 1. The molecule has 1 saturated carbocycles. The van der Waals surface area contributed by atoms with Crippen molar-refractivity contribution in [1.29, 1.82) is 5.26 Å². The van der Waals surface area contributed by atoms with E-state index < -0.39 is 60.4 Å². The average molecular weight is 629 g/mol. The van der Waals surface area contributed by atoms with E-state index in [0.29, 0.717) is 4.90 Å². The van der Waals surface area contributed by atoms with Gasteiger partial charge < -0.3 is 5.32 Å². The molecule has 2 heterocycles. The normalized spacial score (nSPS) is 18.5. The molecular weight excluding hydrogens is 605 g/mol. The Kier molecular flexibility index (Phi) is 8.62. The van der Waals surface area contributed by atoms with Gasteiger partial charge in [0.15, 0.2) is 0 Å². The van der Waals surface area contributed by atoms with Crippen LogP contribution in [0.5, 0.6) is 0 Å². The fourth-order valence-corrected chi connectivity index (χ4v) is 5.91. The summed E-state index contributed by atoms with van der Waals surface area (Å²) in [7, 11) is 0. The van der Waals surface area contributed by atoms with Gasteiger partial charge in [-0.1, -0.05) is 29.8 Å². The van der Waals surface area contributed by atoms with Gasteiger partial charge in [-0.15, -0.1) is 11.8 Å². The molecule has 1 saturated heterocycles. The van der Waals surface area contributed by atoms with Gasteiger partial charge in [0, 0.05) is 52.7 Å². The van der Waals surface area contributed by atoms with Crippen LogP contribution in [0.25, 0.3) is 0 Å². The number of nitriles is 1. The molecule has 9 nitrogen and oxygen atoms in total. The van der Waals surface area contributed by atoms with Crippen molar-refractivity contribution in [2.24, 2.45) is 0 Å². The lowest BCUT2D eigenvalue weighted by molar-refractivity contribution is -0.133. The zero-order chi connectivity index (χ0) is 30.9. The number of alkyl halides is 2. The summed E-state index contributed by atoms with van der Waals surface area (Å²) >= 11 is 7.73. The van der Waals surface area contributed by atoms with E-state index in [1.807, 2.05) is 6.07 Å². The largest absolute Gasteiger partial charge is 0.351 e. The number of halogens is 4. The molecule has 0 unspecified atom stereocenters. The Hall–Kier alpha value is -4.15. The summed E-state index contributed by atoms with van der Waals surface area (Å²) in [6.45, 7) is 0. The number of aromatic nitrogens is 2. The monoisotopic (exact) mass is 628 g/mol. The summed E-state index contributed by atoms with van der Waals surface area (Å²) in [5.74, 6) is -5.89. The molecule has 5 rings (SSSR count). The number of carbonyl (C=O) groups is 3. The smallest absolute Gasteiger partial charge is 0.252 e. The molecular formula is C29H24ClF3N6O3S. The first-order chi connectivity index (χ1) is 20.5. The van der Waals surface area contributed by atoms with Crippen molar-refractivity contribution in [3.05, 3.63) is 76.8 Å². The van der Waals surface area contributed by atoms with Crippen LogP contribution < -0.4 is 15.1 Å². The van der Waals surface area contributed by atoms with Crippen molar-refractivity contribution in [3.63, 3.8) is 0 Å². The van der Waals surface area contributed by atoms with E-state index in [1.165, 1.54) is 48.3 Å². The minimum atomic E-state index is -2.92. The van der Waals surface area contributed by atoms with Crippen LogP contribution in [-0.4, -0.2) is 52.0 Å². The van der Waals surface area contributed by atoms with Crippen molar-refractivity contribution in [2.75, 3.05) is 16.1 Å². The number of anilines is 2. The highest BCUT2D eigenvalue weighted by Gasteiger charge is 2.49. The number of carbonyl (C=O) groups excluding carboxylic acids is 3. The molecule has 1 aromatic heterocycles. The summed E-state index contributed by atoms with van der Waals surface area (Å²) in [5.41, 5.74) is 0.113. The van der Waals surface area contributed by atoms with Crippen molar-refractivity contribution >= 4 is 52.7 Å². The Morgan fingerprint density at radius 3 is 2.65 bits per heavy atom. The number of amides is 3. The molecule has 2 fully saturated rings. The summed E-state index contributed by atoms with van der Waals surface area (Å²) < 4.78 is 42.2. The predicted octanol–water partition coefficient (Wildman–Crippen LogP) is 5.05. The summed E-state index contributed by atoms with van der Waals surface area (Å²) in [4.78, 5) is 52.3. The average Bonchev–Trinajstić information content (AvgIpc) is 3.35. The van der Waals surface area contributed by atoms with E-state index in [0.717, 1.165) is 15.9 Å². The Labute approximate surface area is 254 Å². The first kappa shape index (κ1) is 30.3. The molecule has 2 aromatic carbocycles. The molecule has 2 atom stereocenters. The number of benzene rings is 2. The molecule has 1 aliphatic carbocycles. The number of nitrogens with zero attached hydrogens (tertiary/aromatic N) is 5. The zero-order valence-corrected chi connectivity index (χ0v) is 24.2. The van der Waals surface area contributed by atoms with Gasteiger partial charge in [0.05, 0.1) is 0 Å². The van der Waals surface area contributed by atoms with Gasteiger partial charge >= 0.3 is 0 Å². The van der Waals surface area contributed by atoms with Crippen LogP contribution >= 0.6 is 23.4 Å². The maximum atomic E-state index is 14.9. The van der Waals surface area contributed by atoms with Gasteiger partial charge in [0.1, 0.15) is 29.7 Å². The van der Waals surface area contributed by atoms with Gasteiger partial charge in [-0.3, -0.25) is 24.2 Å². The zero-order valence-electron chi connectivity index (χ0n) is 22.6. The lowest BCUT2D eigenvalue weighted by atomic mass is 9.87. The van der Waals surface area contributed by atoms with E-state index in [1.54, 1.807) is 18.4 Å². The first-order valence-corrected chi connectivity index (χ1v) is 14.8. The molecule has 43 heavy (non-hydrogen) atoms. The molecule has 3 amide bonds. The van der Waals surface area contributed by atoms with Crippen LogP contribution in [0.1, 0.15) is 43.0 Å². The molecule has 1 aliphatic heterocycles. The molecule has 2 aliphatic rings. The van der Waals surface area contributed by atoms with E-state index in [9.17, 15) is 32.8 Å². The van der Waals surface area contributed by atoms with Crippen molar-refractivity contribution in [2.45, 2.75) is 54.6 Å². The molecule has 0 spiro atoms. The molecule has 0 radical (unpaired) electrons. The van der Waals surface area contributed by atoms with Crippen LogP contribution in [0, 0.1) is 17.1 Å². The van der Waals surface area contributed by atoms with Gasteiger partial charge in [-0.2, -0.15) is 5.26 Å². The highest BCUT2D eigenvalue weighted by Crippen LogP contribution is 2.40.